The topological polar surface area (TPSA) is 52.6 Å². The maximum atomic E-state index is 11.7. The molecule has 0 saturated carbocycles. The van der Waals surface area contributed by atoms with E-state index >= 15 is 0 Å². The molecule has 0 aliphatic rings. The van der Waals surface area contributed by atoms with Crippen LogP contribution in [0.4, 0.5) is 0 Å². The molecule has 0 aliphatic heterocycles. The van der Waals surface area contributed by atoms with Gasteiger partial charge in [-0.2, -0.15) is 0 Å². The summed E-state index contributed by atoms with van der Waals surface area (Å²) in [5.41, 5.74) is 0.310. The lowest BCUT2D eigenvalue weighted by molar-refractivity contribution is -0.188. The monoisotopic (exact) mass is 312 g/mol. The average Bonchev–Trinajstić information content (AvgIpc) is 2.45. The normalized spacial score (nSPS) is 12.0. The summed E-state index contributed by atoms with van der Waals surface area (Å²) in [4.78, 5) is 23.3. The van der Waals surface area contributed by atoms with Gasteiger partial charge in [0.15, 0.2) is 0 Å². The molecule has 0 rings (SSSR count). The minimum atomic E-state index is -0.797. The lowest BCUT2D eigenvalue weighted by Gasteiger charge is -2.19. The van der Waals surface area contributed by atoms with Crippen LogP contribution in [0.2, 0.25) is 0 Å². The Hall–Kier alpha value is -1.32. The fraction of sp³-hybridized carbons (Fsp3) is 0.778. The minimum Gasteiger partial charge on any atom is -0.425 e. The fourth-order valence-electron chi connectivity index (χ4n) is 1.90. The Balaban J connectivity index is 4.15. The molecule has 0 radical (unpaired) electrons. The van der Waals surface area contributed by atoms with Gasteiger partial charge < -0.3 is 9.47 Å². The van der Waals surface area contributed by atoms with Crippen LogP contribution in [0.15, 0.2) is 12.2 Å². The Morgan fingerprint density at radius 2 is 1.50 bits per heavy atom. The van der Waals surface area contributed by atoms with E-state index < -0.39 is 12.3 Å². The SMILES string of the molecule is C=C(C)C(=O)OC(CCCCCCCCC)OC(=O)C(C)C. The van der Waals surface area contributed by atoms with Gasteiger partial charge in [-0.3, -0.25) is 4.79 Å². The first-order valence-electron chi connectivity index (χ1n) is 8.45. The predicted molar refractivity (Wildman–Crippen MR) is 88.2 cm³/mol. The van der Waals surface area contributed by atoms with E-state index in [9.17, 15) is 9.59 Å². The van der Waals surface area contributed by atoms with Crippen LogP contribution in [0.1, 0.15) is 79.1 Å². The maximum absolute atomic E-state index is 11.7. The van der Waals surface area contributed by atoms with Crippen LogP contribution in [0.25, 0.3) is 0 Å². The van der Waals surface area contributed by atoms with E-state index in [2.05, 4.69) is 13.5 Å². The number of carbonyl (C=O) groups excluding carboxylic acids is 2. The minimum absolute atomic E-state index is 0.236. The van der Waals surface area contributed by atoms with Gasteiger partial charge in [-0.05, 0) is 13.3 Å². The van der Waals surface area contributed by atoms with Gasteiger partial charge in [0.05, 0.1) is 5.92 Å². The van der Waals surface area contributed by atoms with Crippen molar-refractivity contribution in [3.05, 3.63) is 12.2 Å². The molecular weight excluding hydrogens is 280 g/mol. The van der Waals surface area contributed by atoms with E-state index in [1.54, 1.807) is 20.8 Å². The lowest BCUT2D eigenvalue weighted by Crippen LogP contribution is -2.27. The van der Waals surface area contributed by atoms with E-state index in [1.165, 1.54) is 32.1 Å². The van der Waals surface area contributed by atoms with Gasteiger partial charge >= 0.3 is 11.9 Å². The summed E-state index contributed by atoms with van der Waals surface area (Å²) < 4.78 is 10.5. The van der Waals surface area contributed by atoms with Crippen molar-refractivity contribution in [1.82, 2.24) is 0 Å². The van der Waals surface area contributed by atoms with Crippen molar-refractivity contribution < 1.29 is 19.1 Å². The second kappa shape index (κ2) is 12.2. The summed E-state index contributed by atoms with van der Waals surface area (Å²) in [6.45, 7) is 10.8. The quantitative estimate of drug-likeness (QED) is 0.225. The maximum Gasteiger partial charge on any atom is 0.336 e. The van der Waals surface area contributed by atoms with E-state index in [4.69, 9.17) is 9.47 Å². The summed E-state index contributed by atoms with van der Waals surface area (Å²) in [7, 11) is 0. The Bertz CT molecular complexity index is 347. The first-order chi connectivity index (χ1) is 10.4. The molecule has 0 saturated heterocycles. The summed E-state index contributed by atoms with van der Waals surface area (Å²) in [6, 6.07) is 0. The molecule has 0 spiro atoms. The summed E-state index contributed by atoms with van der Waals surface area (Å²) >= 11 is 0. The van der Waals surface area contributed by atoms with Gasteiger partial charge in [-0.1, -0.05) is 65.9 Å². The number of esters is 2. The van der Waals surface area contributed by atoms with Crippen molar-refractivity contribution in [2.75, 3.05) is 0 Å². The number of unbranched alkanes of at least 4 members (excludes halogenated alkanes) is 6. The Morgan fingerprint density at radius 1 is 0.955 bits per heavy atom. The molecule has 0 fully saturated rings. The molecule has 0 aliphatic carbocycles. The molecule has 4 nitrogen and oxygen atoms in total. The van der Waals surface area contributed by atoms with Crippen molar-refractivity contribution in [3.63, 3.8) is 0 Å². The molecule has 0 aromatic heterocycles. The third-order valence-electron chi connectivity index (χ3n) is 3.35. The molecule has 0 aromatic carbocycles. The zero-order chi connectivity index (χ0) is 17.0. The molecule has 0 heterocycles. The largest absolute Gasteiger partial charge is 0.425 e. The van der Waals surface area contributed by atoms with E-state index in [0.717, 1.165) is 12.8 Å². The molecule has 0 N–H and O–H groups in total. The first kappa shape index (κ1) is 20.7. The number of hydrogen-bond donors (Lipinski definition) is 0. The van der Waals surface area contributed by atoms with Crippen LogP contribution in [0, 0.1) is 5.92 Å². The van der Waals surface area contributed by atoms with Crippen molar-refractivity contribution in [2.45, 2.75) is 85.4 Å². The third-order valence-corrected chi connectivity index (χ3v) is 3.35. The van der Waals surface area contributed by atoms with Gasteiger partial charge in [0, 0.05) is 12.0 Å². The number of ether oxygens (including phenoxy) is 2. The molecular formula is C18H32O4. The molecule has 0 aromatic rings. The zero-order valence-electron chi connectivity index (χ0n) is 14.7. The van der Waals surface area contributed by atoms with Crippen molar-refractivity contribution >= 4 is 11.9 Å². The lowest BCUT2D eigenvalue weighted by atomic mass is 10.1. The highest BCUT2D eigenvalue weighted by molar-refractivity contribution is 5.87. The van der Waals surface area contributed by atoms with Crippen LogP contribution in [-0.4, -0.2) is 18.2 Å². The van der Waals surface area contributed by atoms with Crippen LogP contribution in [0.3, 0.4) is 0 Å². The summed E-state index contributed by atoms with van der Waals surface area (Å²) in [5, 5.41) is 0. The molecule has 4 heteroatoms. The predicted octanol–water partition coefficient (Wildman–Crippen LogP) is 4.77. The second-order valence-corrected chi connectivity index (χ2v) is 6.12. The summed E-state index contributed by atoms with van der Waals surface area (Å²) in [6.07, 6.45) is 7.88. The molecule has 128 valence electrons. The highest BCUT2D eigenvalue weighted by Gasteiger charge is 2.20. The Kier molecular flexibility index (Phi) is 11.5. The number of carbonyl (C=O) groups is 2. The zero-order valence-corrected chi connectivity index (χ0v) is 14.7. The Morgan fingerprint density at radius 3 is 2.00 bits per heavy atom. The van der Waals surface area contributed by atoms with Crippen molar-refractivity contribution in [2.24, 2.45) is 5.92 Å². The highest BCUT2D eigenvalue weighted by Crippen LogP contribution is 2.14. The Labute approximate surface area is 135 Å². The molecule has 0 bridgehead atoms. The van der Waals surface area contributed by atoms with E-state index in [-0.39, 0.29) is 11.9 Å². The van der Waals surface area contributed by atoms with Gasteiger partial charge in [-0.15, -0.1) is 0 Å². The van der Waals surface area contributed by atoms with E-state index in [1.807, 2.05) is 0 Å². The molecule has 1 unspecified atom stereocenters. The van der Waals surface area contributed by atoms with Crippen LogP contribution < -0.4 is 0 Å². The van der Waals surface area contributed by atoms with Crippen LogP contribution >= 0.6 is 0 Å². The van der Waals surface area contributed by atoms with Gasteiger partial charge in [0.1, 0.15) is 0 Å². The van der Waals surface area contributed by atoms with Crippen LogP contribution in [-0.2, 0) is 19.1 Å². The average molecular weight is 312 g/mol. The number of hydrogen-bond acceptors (Lipinski definition) is 4. The van der Waals surface area contributed by atoms with Crippen LogP contribution in [0.5, 0.6) is 0 Å². The van der Waals surface area contributed by atoms with E-state index in [0.29, 0.717) is 12.0 Å². The van der Waals surface area contributed by atoms with Crippen molar-refractivity contribution in [3.8, 4) is 0 Å². The smallest absolute Gasteiger partial charge is 0.336 e. The first-order valence-corrected chi connectivity index (χ1v) is 8.45. The summed E-state index contributed by atoms with van der Waals surface area (Å²) in [5.74, 6) is -1.09. The van der Waals surface area contributed by atoms with Gasteiger partial charge in [0.2, 0.25) is 6.29 Å². The fourth-order valence-corrected chi connectivity index (χ4v) is 1.90. The second-order valence-electron chi connectivity index (χ2n) is 6.12. The highest BCUT2D eigenvalue weighted by atomic mass is 16.7. The molecule has 0 amide bonds. The molecule has 22 heavy (non-hydrogen) atoms. The third kappa shape index (κ3) is 10.4. The molecule has 1 atom stereocenters. The van der Waals surface area contributed by atoms with Gasteiger partial charge in [-0.25, -0.2) is 4.79 Å². The van der Waals surface area contributed by atoms with Crippen molar-refractivity contribution in [1.29, 1.82) is 0 Å². The number of rotatable bonds is 12. The standard InChI is InChI=1S/C18H32O4/c1-6-7-8-9-10-11-12-13-16(21-17(19)14(2)3)22-18(20)15(4)5/h15-16H,2,6-13H2,1,3-5H3. The van der Waals surface area contributed by atoms with Gasteiger partial charge in [0.25, 0.3) is 0 Å².